The fourth-order valence-electron chi connectivity index (χ4n) is 5.61. The Kier molecular flexibility index (Phi) is 6.54. The van der Waals surface area contributed by atoms with Gasteiger partial charge in [0.05, 0.1) is 5.56 Å². The lowest BCUT2D eigenvalue weighted by atomic mass is 9.63. The Labute approximate surface area is 179 Å². The quantitative estimate of drug-likeness (QED) is 0.429. The Bertz CT molecular complexity index is 905. The second-order valence-electron chi connectivity index (χ2n) is 9.00. The van der Waals surface area contributed by atoms with Crippen LogP contribution in [0.3, 0.4) is 0 Å². The Morgan fingerprint density at radius 1 is 0.871 bits per heavy atom. The first-order chi connectivity index (χ1) is 14.9. The summed E-state index contributed by atoms with van der Waals surface area (Å²) < 4.78 is 72.5. The lowest BCUT2D eigenvalue weighted by Crippen LogP contribution is -2.30. The van der Waals surface area contributed by atoms with Gasteiger partial charge in [-0.05, 0) is 91.2 Å². The number of fused-ring (bicyclic) bond motifs is 1. The fourth-order valence-corrected chi connectivity index (χ4v) is 5.61. The molecule has 0 heterocycles. The number of benzene rings is 2. The van der Waals surface area contributed by atoms with Crippen LogP contribution in [-0.2, 0) is 0 Å². The third-order valence-electron chi connectivity index (χ3n) is 7.27. The zero-order valence-electron chi connectivity index (χ0n) is 17.5. The van der Waals surface area contributed by atoms with E-state index in [4.69, 9.17) is 0 Å². The molecule has 1 nitrogen and oxygen atoms in total. The predicted molar refractivity (Wildman–Crippen MR) is 110 cm³/mol. The van der Waals surface area contributed by atoms with Gasteiger partial charge < -0.3 is 4.74 Å². The van der Waals surface area contributed by atoms with Crippen LogP contribution < -0.4 is 4.74 Å². The van der Waals surface area contributed by atoms with Gasteiger partial charge in [-0.25, -0.2) is 13.2 Å². The Balaban J connectivity index is 1.54. The van der Waals surface area contributed by atoms with E-state index >= 15 is 0 Å². The minimum Gasteiger partial charge on any atom is -0.432 e. The van der Waals surface area contributed by atoms with Gasteiger partial charge in [-0.3, -0.25) is 0 Å². The third kappa shape index (κ3) is 4.73. The first-order valence-electron chi connectivity index (χ1n) is 11.1. The summed E-state index contributed by atoms with van der Waals surface area (Å²) in [5.74, 6) is -1.03. The summed E-state index contributed by atoms with van der Waals surface area (Å²) in [7, 11) is 0. The second-order valence-corrected chi connectivity index (χ2v) is 9.00. The lowest BCUT2D eigenvalue weighted by Gasteiger charge is -2.42. The van der Waals surface area contributed by atoms with Crippen molar-refractivity contribution in [3.05, 3.63) is 53.3 Å². The van der Waals surface area contributed by atoms with E-state index in [0.29, 0.717) is 11.5 Å². The van der Waals surface area contributed by atoms with E-state index < -0.39 is 29.8 Å². The fraction of sp³-hybridized carbons (Fsp3) is 0.520. The molecule has 2 aromatic rings. The van der Waals surface area contributed by atoms with Crippen LogP contribution in [-0.4, -0.2) is 6.61 Å². The summed E-state index contributed by atoms with van der Waals surface area (Å²) in [6.45, 7) is -0.935. The molecule has 0 N–H and O–H groups in total. The van der Waals surface area contributed by atoms with Crippen LogP contribution in [0.4, 0.5) is 22.0 Å². The summed E-state index contributed by atoms with van der Waals surface area (Å²) >= 11 is 0. The van der Waals surface area contributed by atoms with Crippen LogP contribution in [0.25, 0.3) is 11.1 Å². The van der Waals surface area contributed by atoms with Crippen molar-refractivity contribution in [3.8, 4) is 16.9 Å². The minimum absolute atomic E-state index is 0.0535. The van der Waals surface area contributed by atoms with Crippen molar-refractivity contribution in [2.24, 2.45) is 17.8 Å². The molecular weight excluding hydrogens is 411 g/mol. The molecule has 4 rings (SSSR count). The molecule has 0 spiro atoms. The number of halogens is 5. The van der Waals surface area contributed by atoms with E-state index in [9.17, 15) is 22.0 Å². The molecule has 2 fully saturated rings. The van der Waals surface area contributed by atoms with E-state index in [1.54, 1.807) is 0 Å². The Morgan fingerprint density at radius 3 is 2.19 bits per heavy atom. The highest BCUT2D eigenvalue weighted by Gasteiger charge is 2.36. The number of alkyl halides is 2. The molecule has 31 heavy (non-hydrogen) atoms. The summed E-state index contributed by atoms with van der Waals surface area (Å²) in [6.07, 6.45) is 7.88. The molecular formula is C25H27F5O. The second kappa shape index (κ2) is 9.17. The maximum absolute atomic E-state index is 14.9. The summed E-state index contributed by atoms with van der Waals surface area (Å²) in [5, 5.41) is 0. The van der Waals surface area contributed by atoms with Crippen molar-refractivity contribution in [1.82, 2.24) is 0 Å². The zero-order chi connectivity index (χ0) is 22.1. The summed E-state index contributed by atoms with van der Waals surface area (Å²) in [6, 6.07) is 5.65. The highest BCUT2D eigenvalue weighted by molar-refractivity contribution is 5.66. The number of hydrogen-bond acceptors (Lipinski definition) is 1. The monoisotopic (exact) mass is 438 g/mol. The van der Waals surface area contributed by atoms with Crippen LogP contribution in [0, 0.1) is 35.2 Å². The molecule has 2 aromatic carbocycles. The molecule has 2 saturated carbocycles. The average Bonchev–Trinajstić information content (AvgIpc) is 2.74. The maximum atomic E-state index is 14.9. The molecule has 4 atom stereocenters. The molecule has 0 saturated heterocycles. The van der Waals surface area contributed by atoms with Crippen LogP contribution in [0.1, 0.15) is 63.4 Å². The van der Waals surface area contributed by atoms with Crippen molar-refractivity contribution in [3.63, 3.8) is 0 Å². The first-order valence-corrected chi connectivity index (χ1v) is 11.1. The number of ether oxygens (including phenoxy) is 1. The van der Waals surface area contributed by atoms with Gasteiger partial charge >= 0.3 is 6.61 Å². The lowest BCUT2D eigenvalue weighted by molar-refractivity contribution is -0.0521. The molecule has 0 radical (unpaired) electrons. The maximum Gasteiger partial charge on any atom is 0.387 e. The summed E-state index contributed by atoms with van der Waals surface area (Å²) in [5.41, 5.74) is 0.235. The van der Waals surface area contributed by atoms with Gasteiger partial charge in [-0.2, -0.15) is 8.78 Å². The Hall–Kier alpha value is -2.11. The standard InChI is InChI=1S/C25H27F5O/c1-2-14-3-4-16-10-17(6-5-15(16)9-14)19-12-21(27)24(22(28)13-19)18-7-8-23(20(26)11-18)31-25(29)30/h7-8,11-17,25H,2-6,9-10H2,1H3/t14?,15-,16-,17-/m1/s1. The first kappa shape index (κ1) is 22.1. The average molecular weight is 438 g/mol. The van der Waals surface area contributed by atoms with E-state index in [-0.39, 0.29) is 17.0 Å². The van der Waals surface area contributed by atoms with Crippen molar-refractivity contribution in [1.29, 1.82) is 0 Å². The predicted octanol–water partition coefficient (Wildman–Crippen LogP) is 8.08. The van der Waals surface area contributed by atoms with E-state index in [1.807, 2.05) is 0 Å². The summed E-state index contributed by atoms with van der Waals surface area (Å²) in [4.78, 5) is 0. The molecule has 0 bridgehead atoms. The van der Waals surface area contributed by atoms with Gasteiger partial charge in [0, 0.05) is 0 Å². The SMILES string of the molecule is CCC1CC[C@@H]2C[C@H](c3cc(F)c(-c4ccc(OC(F)F)c(F)c4)c(F)c3)CC[C@@H]2C1. The molecule has 0 aliphatic heterocycles. The normalized spacial score (nSPS) is 26.0. The Morgan fingerprint density at radius 2 is 1.55 bits per heavy atom. The van der Waals surface area contributed by atoms with Crippen LogP contribution >= 0.6 is 0 Å². The van der Waals surface area contributed by atoms with Crippen molar-refractivity contribution in [2.45, 2.75) is 64.4 Å². The van der Waals surface area contributed by atoms with Crippen LogP contribution in [0.2, 0.25) is 0 Å². The third-order valence-corrected chi connectivity index (χ3v) is 7.27. The van der Waals surface area contributed by atoms with Crippen molar-refractivity contribution >= 4 is 0 Å². The van der Waals surface area contributed by atoms with Crippen LogP contribution in [0.15, 0.2) is 30.3 Å². The minimum atomic E-state index is -3.18. The molecule has 0 aromatic heterocycles. The topological polar surface area (TPSA) is 9.23 Å². The highest BCUT2D eigenvalue weighted by atomic mass is 19.3. The van der Waals surface area contributed by atoms with E-state index in [1.165, 1.54) is 43.9 Å². The number of hydrogen-bond donors (Lipinski definition) is 0. The zero-order valence-corrected chi connectivity index (χ0v) is 17.5. The molecule has 2 aliphatic carbocycles. The van der Waals surface area contributed by atoms with Crippen molar-refractivity contribution in [2.75, 3.05) is 0 Å². The molecule has 0 amide bonds. The van der Waals surface area contributed by atoms with Gasteiger partial charge in [-0.15, -0.1) is 0 Å². The molecule has 1 unspecified atom stereocenters. The smallest absolute Gasteiger partial charge is 0.387 e. The number of rotatable bonds is 5. The van der Waals surface area contributed by atoms with Gasteiger partial charge in [0.2, 0.25) is 0 Å². The largest absolute Gasteiger partial charge is 0.432 e. The molecule has 2 aliphatic rings. The van der Waals surface area contributed by atoms with Crippen LogP contribution in [0.5, 0.6) is 5.75 Å². The van der Waals surface area contributed by atoms with Crippen molar-refractivity contribution < 1.29 is 26.7 Å². The highest BCUT2D eigenvalue weighted by Crippen LogP contribution is 2.48. The van der Waals surface area contributed by atoms with Gasteiger partial charge in [-0.1, -0.05) is 25.8 Å². The van der Waals surface area contributed by atoms with E-state index in [0.717, 1.165) is 43.2 Å². The van der Waals surface area contributed by atoms with E-state index in [2.05, 4.69) is 11.7 Å². The van der Waals surface area contributed by atoms with Gasteiger partial charge in [0.1, 0.15) is 11.6 Å². The van der Waals surface area contributed by atoms with Gasteiger partial charge in [0.15, 0.2) is 11.6 Å². The molecule has 168 valence electrons. The molecule has 6 heteroatoms. The van der Waals surface area contributed by atoms with Gasteiger partial charge in [0.25, 0.3) is 0 Å².